The monoisotopic (exact) mass is 395 g/mol. The van der Waals surface area contributed by atoms with Crippen molar-refractivity contribution in [2.75, 3.05) is 12.4 Å². The minimum Gasteiger partial charge on any atom is -0.507 e. The van der Waals surface area contributed by atoms with Crippen molar-refractivity contribution < 1.29 is 28.6 Å². The molecule has 3 aromatic carbocycles. The van der Waals surface area contributed by atoms with E-state index in [1.807, 2.05) is 0 Å². The number of hydrogen-bond acceptors (Lipinski definition) is 5. The summed E-state index contributed by atoms with van der Waals surface area (Å²) in [5, 5.41) is 12.7. The Bertz CT molecular complexity index is 1010. The summed E-state index contributed by atoms with van der Waals surface area (Å²) in [4.78, 5) is 25.4. The second kappa shape index (κ2) is 8.88. The van der Waals surface area contributed by atoms with Crippen LogP contribution in [-0.2, 0) is 9.53 Å². The van der Waals surface area contributed by atoms with E-state index in [1.165, 1.54) is 49.6 Å². The molecule has 3 rings (SSSR count). The molecule has 6 nitrogen and oxygen atoms in total. The average Bonchev–Trinajstić information content (AvgIpc) is 2.73. The van der Waals surface area contributed by atoms with Gasteiger partial charge in [0.25, 0.3) is 5.91 Å². The first-order chi connectivity index (χ1) is 14.0. The van der Waals surface area contributed by atoms with Crippen LogP contribution in [0.5, 0.6) is 11.5 Å². The fourth-order valence-electron chi connectivity index (χ4n) is 2.62. The van der Waals surface area contributed by atoms with Crippen molar-refractivity contribution in [2.24, 2.45) is 0 Å². The van der Waals surface area contributed by atoms with E-state index < -0.39 is 23.8 Å². The zero-order valence-corrected chi connectivity index (χ0v) is 15.5. The van der Waals surface area contributed by atoms with Crippen LogP contribution in [0.3, 0.4) is 0 Å². The number of nitrogens with one attached hydrogen (secondary N) is 1. The van der Waals surface area contributed by atoms with Crippen LogP contribution in [0, 0.1) is 5.82 Å². The standard InChI is InChI=1S/C22H18FNO5/c1-28-17-11-12-18(19(25)13-17)22(27)29-20(14-5-3-2-4-6-14)21(26)24-16-9-7-15(23)8-10-16/h2-13,20,25H,1H3,(H,24,26)/t20-/m1/s1. The van der Waals surface area contributed by atoms with Gasteiger partial charge in [-0.1, -0.05) is 30.3 Å². The molecular weight excluding hydrogens is 377 g/mol. The van der Waals surface area contributed by atoms with Gasteiger partial charge in [0.15, 0.2) is 0 Å². The summed E-state index contributed by atoms with van der Waals surface area (Å²) in [6.45, 7) is 0. The molecule has 0 aromatic heterocycles. The van der Waals surface area contributed by atoms with Gasteiger partial charge in [-0.15, -0.1) is 0 Å². The first kappa shape index (κ1) is 19.9. The van der Waals surface area contributed by atoms with Crippen molar-refractivity contribution in [3.8, 4) is 11.5 Å². The Balaban J connectivity index is 1.85. The van der Waals surface area contributed by atoms with Crippen LogP contribution in [-0.4, -0.2) is 24.1 Å². The average molecular weight is 395 g/mol. The van der Waals surface area contributed by atoms with E-state index >= 15 is 0 Å². The van der Waals surface area contributed by atoms with Gasteiger partial charge in [-0.3, -0.25) is 4.79 Å². The van der Waals surface area contributed by atoms with Crippen molar-refractivity contribution in [3.63, 3.8) is 0 Å². The van der Waals surface area contributed by atoms with E-state index in [-0.39, 0.29) is 11.3 Å². The Labute approximate surface area is 166 Å². The number of phenolic OH excluding ortho intramolecular Hbond substituents is 1. The number of halogens is 1. The highest BCUT2D eigenvalue weighted by Gasteiger charge is 2.27. The van der Waals surface area contributed by atoms with Gasteiger partial charge in [0.1, 0.15) is 22.9 Å². The van der Waals surface area contributed by atoms with Gasteiger partial charge in [-0.2, -0.15) is 0 Å². The predicted molar refractivity (Wildman–Crippen MR) is 104 cm³/mol. The number of phenols is 1. The number of aromatic hydroxyl groups is 1. The minimum atomic E-state index is -1.28. The number of carbonyl (C=O) groups excluding carboxylic acids is 2. The lowest BCUT2D eigenvalue weighted by atomic mass is 10.1. The minimum absolute atomic E-state index is 0.110. The molecule has 0 saturated carbocycles. The highest BCUT2D eigenvalue weighted by atomic mass is 19.1. The second-order valence-electron chi connectivity index (χ2n) is 6.08. The summed E-state index contributed by atoms with van der Waals surface area (Å²) in [5.74, 6) is -1.91. The Hall–Kier alpha value is -3.87. The smallest absolute Gasteiger partial charge is 0.343 e. The largest absolute Gasteiger partial charge is 0.507 e. The topological polar surface area (TPSA) is 84.9 Å². The summed E-state index contributed by atoms with van der Waals surface area (Å²) in [5.41, 5.74) is 0.676. The zero-order chi connectivity index (χ0) is 20.8. The van der Waals surface area contributed by atoms with Crippen LogP contribution in [0.15, 0.2) is 72.8 Å². The van der Waals surface area contributed by atoms with Crippen molar-refractivity contribution in [2.45, 2.75) is 6.10 Å². The van der Waals surface area contributed by atoms with Gasteiger partial charge in [-0.25, -0.2) is 9.18 Å². The third-order valence-electron chi connectivity index (χ3n) is 4.10. The Kier molecular flexibility index (Phi) is 6.09. The summed E-state index contributed by atoms with van der Waals surface area (Å²) in [6, 6.07) is 17.7. The highest BCUT2D eigenvalue weighted by molar-refractivity contribution is 5.99. The molecule has 0 unspecified atom stereocenters. The van der Waals surface area contributed by atoms with E-state index in [1.54, 1.807) is 30.3 Å². The number of benzene rings is 3. The number of rotatable bonds is 6. The molecule has 0 aliphatic rings. The lowest BCUT2D eigenvalue weighted by Crippen LogP contribution is -2.26. The number of hydrogen-bond donors (Lipinski definition) is 2. The maximum Gasteiger partial charge on any atom is 0.343 e. The van der Waals surface area contributed by atoms with Crippen LogP contribution in [0.25, 0.3) is 0 Å². The summed E-state index contributed by atoms with van der Waals surface area (Å²) < 4.78 is 23.5. The molecule has 3 aromatic rings. The number of carbonyl (C=O) groups is 2. The van der Waals surface area contributed by atoms with Gasteiger partial charge in [0.2, 0.25) is 6.10 Å². The van der Waals surface area contributed by atoms with Crippen LogP contribution in [0.2, 0.25) is 0 Å². The zero-order valence-electron chi connectivity index (χ0n) is 15.5. The summed E-state index contributed by atoms with van der Waals surface area (Å²) in [6.07, 6.45) is -1.28. The van der Waals surface area contributed by atoms with E-state index in [2.05, 4.69) is 5.32 Å². The molecule has 0 bridgehead atoms. The molecule has 7 heteroatoms. The second-order valence-corrected chi connectivity index (χ2v) is 6.08. The van der Waals surface area contributed by atoms with Gasteiger partial charge in [0.05, 0.1) is 7.11 Å². The van der Waals surface area contributed by atoms with Crippen molar-refractivity contribution in [3.05, 3.63) is 89.7 Å². The Morgan fingerprint density at radius 2 is 1.69 bits per heavy atom. The van der Waals surface area contributed by atoms with E-state index in [0.717, 1.165) is 0 Å². The number of anilines is 1. The van der Waals surface area contributed by atoms with Crippen molar-refractivity contribution in [1.82, 2.24) is 0 Å². The molecule has 0 spiro atoms. The number of esters is 1. The third-order valence-corrected chi connectivity index (χ3v) is 4.10. The van der Waals surface area contributed by atoms with Crippen molar-refractivity contribution >= 4 is 17.6 Å². The molecule has 1 amide bonds. The Morgan fingerprint density at radius 1 is 1.00 bits per heavy atom. The van der Waals surface area contributed by atoms with Crippen LogP contribution < -0.4 is 10.1 Å². The molecule has 0 aliphatic heterocycles. The molecule has 2 N–H and O–H groups in total. The summed E-state index contributed by atoms with van der Waals surface area (Å²) >= 11 is 0. The van der Waals surface area contributed by atoms with Crippen molar-refractivity contribution in [1.29, 1.82) is 0 Å². The molecule has 0 radical (unpaired) electrons. The SMILES string of the molecule is COc1ccc(C(=O)O[C@@H](C(=O)Nc2ccc(F)cc2)c2ccccc2)c(O)c1. The first-order valence-corrected chi connectivity index (χ1v) is 8.67. The van der Waals surface area contributed by atoms with E-state index in [4.69, 9.17) is 9.47 Å². The van der Waals surface area contributed by atoms with E-state index in [9.17, 15) is 19.1 Å². The van der Waals surface area contributed by atoms with E-state index in [0.29, 0.717) is 17.0 Å². The molecule has 29 heavy (non-hydrogen) atoms. The van der Waals surface area contributed by atoms with Gasteiger partial charge in [-0.05, 0) is 36.4 Å². The van der Waals surface area contributed by atoms with Crippen LogP contribution in [0.1, 0.15) is 22.0 Å². The highest BCUT2D eigenvalue weighted by Crippen LogP contribution is 2.27. The fraction of sp³-hybridized carbons (Fsp3) is 0.0909. The molecular formula is C22H18FNO5. The summed E-state index contributed by atoms with van der Waals surface area (Å²) in [7, 11) is 1.43. The molecule has 0 aliphatic carbocycles. The van der Waals surface area contributed by atoms with Gasteiger partial charge >= 0.3 is 5.97 Å². The number of ether oxygens (including phenoxy) is 2. The molecule has 0 fully saturated rings. The maximum atomic E-state index is 13.1. The molecule has 0 saturated heterocycles. The van der Waals surface area contributed by atoms with Gasteiger partial charge in [0, 0.05) is 17.3 Å². The normalized spacial score (nSPS) is 11.4. The lowest BCUT2D eigenvalue weighted by Gasteiger charge is -2.18. The molecule has 0 heterocycles. The Morgan fingerprint density at radius 3 is 2.31 bits per heavy atom. The fourth-order valence-corrected chi connectivity index (χ4v) is 2.62. The van der Waals surface area contributed by atoms with Gasteiger partial charge < -0.3 is 19.9 Å². The predicted octanol–water partition coefficient (Wildman–Crippen LogP) is 4.08. The maximum absolute atomic E-state index is 13.1. The molecule has 148 valence electrons. The first-order valence-electron chi connectivity index (χ1n) is 8.67. The molecule has 1 atom stereocenters. The number of amides is 1. The lowest BCUT2D eigenvalue weighted by molar-refractivity contribution is -0.125. The number of methoxy groups -OCH3 is 1. The third kappa shape index (κ3) is 4.90. The van der Waals surface area contributed by atoms with Crippen LogP contribution in [0.4, 0.5) is 10.1 Å². The quantitative estimate of drug-likeness (QED) is 0.615. The van der Waals surface area contributed by atoms with Crippen LogP contribution >= 0.6 is 0 Å².